The summed E-state index contributed by atoms with van der Waals surface area (Å²) in [6.45, 7) is 1.94. The molecule has 2 rings (SSSR count). The smallest absolute Gasteiger partial charge is 0.174 e. The minimum absolute atomic E-state index is 0.147. The fourth-order valence-electron chi connectivity index (χ4n) is 1.72. The van der Waals surface area contributed by atoms with Crippen LogP contribution in [0, 0.1) is 5.92 Å². The maximum Gasteiger partial charge on any atom is 0.174 e. The van der Waals surface area contributed by atoms with E-state index in [1.807, 2.05) is 30.3 Å². The average molecular weight is 205 g/mol. The molecule has 1 heterocycles. The molecule has 1 aliphatic heterocycles. The molecule has 1 atom stereocenters. The summed E-state index contributed by atoms with van der Waals surface area (Å²) < 4.78 is 5.40. The molecule has 0 amide bonds. The van der Waals surface area contributed by atoms with E-state index in [1.54, 1.807) is 0 Å². The van der Waals surface area contributed by atoms with Crippen LogP contribution in [-0.2, 0) is 4.79 Å². The Morgan fingerprint density at radius 1 is 1.40 bits per heavy atom. The van der Waals surface area contributed by atoms with Crippen LogP contribution >= 0.6 is 0 Å². The molecule has 1 aromatic carbocycles. The minimum atomic E-state index is 0.147. The first-order chi connectivity index (χ1) is 7.36. The van der Waals surface area contributed by atoms with Crippen LogP contribution in [0.5, 0.6) is 5.75 Å². The van der Waals surface area contributed by atoms with Crippen LogP contribution in [0.3, 0.4) is 0 Å². The summed E-state index contributed by atoms with van der Waals surface area (Å²) >= 11 is 0. The van der Waals surface area contributed by atoms with Gasteiger partial charge in [-0.25, -0.2) is 0 Å². The summed E-state index contributed by atoms with van der Waals surface area (Å²) in [5, 5.41) is 3.18. The number of ether oxygens (including phenoxy) is 1. The van der Waals surface area contributed by atoms with E-state index in [4.69, 9.17) is 4.74 Å². The second-order valence-corrected chi connectivity index (χ2v) is 3.76. The quantitative estimate of drug-likeness (QED) is 0.803. The first-order valence-electron chi connectivity index (χ1n) is 5.27. The van der Waals surface area contributed by atoms with E-state index < -0.39 is 0 Å². The van der Waals surface area contributed by atoms with Crippen LogP contribution < -0.4 is 10.1 Å². The molecule has 3 heteroatoms. The van der Waals surface area contributed by atoms with Gasteiger partial charge in [0.1, 0.15) is 12.4 Å². The Kier molecular flexibility index (Phi) is 3.35. The summed E-state index contributed by atoms with van der Waals surface area (Å²) in [5.74, 6) is 1.11. The molecule has 1 N–H and O–H groups in total. The summed E-state index contributed by atoms with van der Waals surface area (Å²) in [6.07, 6.45) is 0.941. The van der Waals surface area contributed by atoms with Crippen molar-refractivity contribution in [2.24, 2.45) is 5.92 Å². The number of carbonyl (C=O) groups is 1. The van der Waals surface area contributed by atoms with E-state index in [9.17, 15) is 4.79 Å². The summed E-state index contributed by atoms with van der Waals surface area (Å²) in [6, 6.07) is 9.45. The molecule has 1 saturated heterocycles. The Morgan fingerprint density at radius 2 is 2.20 bits per heavy atom. The molecular formula is C12H15NO2. The van der Waals surface area contributed by atoms with Crippen LogP contribution in [0.4, 0.5) is 0 Å². The van der Waals surface area contributed by atoms with Crippen molar-refractivity contribution in [3.63, 3.8) is 0 Å². The van der Waals surface area contributed by atoms with E-state index in [0.717, 1.165) is 25.3 Å². The Labute approximate surface area is 89.4 Å². The molecular weight excluding hydrogens is 190 g/mol. The standard InChI is InChI=1S/C12H15NO2/c14-12(10-6-7-13-8-10)9-15-11-4-2-1-3-5-11/h1-5,10,13H,6-9H2. The highest BCUT2D eigenvalue weighted by atomic mass is 16.5. The fraction of sp³-hybridized carbons (Fsp3) is 0.417. The van der Waals surface area contributed by atoms with Crippen molar-refractivity contribution < 1.29 is 9.53 Å². The van der Waals surface area contributed by atoms with Gasteiger partial charge >= 0.3 is 0 Å². The monoisotopic (exact) mass is 205 g/mol. The van der Waals surface area contributed by atoms with Crippen molar-refractivity contribution in [3.05, 3.63) is 30.3 Å². The molecule has 1 fully saturated rings. The third kappa shape index (κ3) is 2.80. The second kappa shape index (κ2) is 4.94. The summed E-state index contributed by atoms with van der Waals surface area (Å²) in [7, 11) is 0. The minimum Gasteiger partial charge on any atom is -0.486 e. The van der Waals surface area contributed by atoms with Gasteiger partial charge in [-0.1, -0.05) is 18.2 Å². The molecule has 0 aliphatic carbocycles. The lowest BCUT2D eigenvalue weighted by Gasteiger charge is -2.08. The molecule has 1 aromatic rings. The van der Waals surface area contributed by atoms with Crippen molar-refractivity contribution >= 4 is 5.78 Å². The van der Waals surface area contributed by atoms with Crippen LogP contribution in [0.1, 0.15) is 6.42 Å². The van der Waals surface area contributed by atoms with Crippen LogP contribution in [0.25, 0.3) is 0 Å². The molecule has 0 bridgehead atoms. The number of ketones is 1. The van der Waals surface area contributed by atoms with Crippen LogP contribution in [0.15, 0.2) is 30.3 Å². The highest BCUT2D eigenvalue weighted by molar-refractivity contribution is 5.83. The predicted octanol–water partition coefficient (Wildman–Crippen LogP) is 1.24. The second-order valence-electron chi connectivity index (χ2n) is 3.76. The zero-order valence-corrected chi connectivity index (χ0v) is 8.61. The van der Waals surface area contributed by atoms with E-state index in [-0.39, 0.29) is 18.3 Å². The van der Waals surface area contributed by atoms with Crippen molar-refractivity contribution in [2.45, 2.75) is 6.42 Å². The highest BCUT2D eigenvalue weighted by Crippen LogP contribution is 2.12. The van der Waals surface area contributed by atoms with Gasteiger partial charge in [-0.3, -0.25) is 4.79 Å². The third-order valence-corrected chi connectivity index (χ3v) is 2.64. The van der Waals surface area contributed by atoms with Gasteiger partial charge in [0.05, 0.1) is 0 Å². The lowest BCUT2D eigenvalue weighted by molar-refractivity contribution is -0.124. The molecule has 80 valence electrons. The highest BCUT2D eigenvalue weighted by Gasteiger charge is 2.22. The molecule has 15 heavy (non-hydrogen) atoms. The van der Waals surface area contributed by atoms with Crippen molar-refractivity contribution in [1.29, 1.82) is 0 Å². The van der Waals surface area contributed by atoms with Gasteiger partial charge in [-0.2, -0.15) is 0 Å². The number of nitrogens with one attached hydrogen (secondary N) is 1. The van der Waals surface area contributed by atoms with Gasteiger partial charge < -0.3 is 10.1 Å². The molecule has 0 saturated carbocycles. The maximum atomic E-state index is 11.7. The van der Waals surface area contributed by atoms with E-state index in [1.165, 1.54) is 0 Å². The normalized spacial score (nSPS) is 20.1. The fourth-order valence-corrected chi connectivity index (χ4v) is 1.72. The molecule has 3 nitrogen and oxygen atoms in total. The van der Waals surface area contributed by atoms with E-state index in [0.29, 0.717) is 0 Å². The number of rotatable bonds is 4. The zero-order valence-electron chi connectivity index (χ0n) is 8.61. The topological polar surface area (TPSA) is 38.3 Å². The average Bonchev–Trinajstić information content (AvgIpc) is 2.81. The summed E-state index contributed by atoms with van der Waals surface area (Å²) in [4.78, 5) is 11.7. The number of benzene rings is 1. The van der Waals surface area contributed by atoms with Crippen LogP contribution in [0.2, 0.25) is 0 Å². The van der Waals surface area contributed by atoms with Gasteiger partial charge in [0.25, 0.3) is 0 Å². The Morgan fingerprint density at radius 3 is 2.87 bits per heavy atom. The Balaban J connectivity index is 1.80. The van der Waals surface area contributed by atoms with Crippen molar-refractivity contribution in [3.8, 4) is 5.75 Å². The number of Topliss-reactive ketones (excluding diaryl/α,β-unsaturated/α-hetero) is 1. The molecule has 0 aromatic heterocycles. The molecule has 1 unspecified atom stereocenters. The summed E-state index contributed by atoms with van der Waals surface area (Å²) in [5.41, 5.74) is 0. The van der Waals surface area contributed by atoms with Gasteiger partial charge in [0.2, 0.25) is 0 Å². The Hall–Kier alpha value is -1.35. The van der Waals surface area contributed by atoms with E-state index >= 15 is 0 Å². The molecule has 0 spiro atoms. The largest absolute Gasteiger partial charge is 0.486 e. The third-order valence-electron chi connectivity index (χ3n) is 2.64. The molecule has 1 aliphatic rings. The maximum absolute atomic E-state index is 11.7. The van der Waals surface area contributed by atoms with Crippen LogP contribution in [-0.4, -0.2) is 25.5 Å². The predicted molar refractivity (Wildman–Crippen MR) is 57.9 cm³/mol. The van der Waals surface area contributed by atoms with E-state index in [2.05, 4.69) is 5.32 Å². The van der Waals surface area contributed by atoms with Gasteiger partial charge in [-0.05, 0) is 25.1 Å². The number of para-hydroxylation sites is 1. The van der Waals surface area contributed by atoms with Gasteiger partial charge in [-0.15, -0.1) is 0 Å². The first-order valence-corrected chi connectivity index (χ1v) is 5.27. The SMILES string of the molecule is O=C(COc1ccccc1)C1CCNC1. The Bertz CT molecular complexity index is 318. The van der Waals surface area contributed by atoms with Crippen molar-refractivity contribution in [2.75, 3.05) is 19.7 Å². The first kappa shape index (κ1) is 10.2. The lowest BCUT2D eigenvalue weighted by Crippen LogP contribution is -2.23. The van der Waals surface area contributed by atoms with Gasteiger partial charge in [0, 0.05) is 12.5 Å². The number of carbonyl (C=O) groups excluding carboxylic acids is 1. The van der Waals surface area contributed by atoms with Crippen molar-refractivity contribution in [1.82, 2.24) is 5.32 Å². The van der Waals surface area contributed by atoms with Gasteiger partial charge in [0.15, 0.2) is 5.78 Å². The number of hydrogen-bond donors (Lipinski definition) is 1. The zero-order chi connectivity index (χ0) is 10.5. The number of hydrogen-bond acceptors (Lipinski definition) is 3. The lowest BCUT2D eigenvalue weighted by atomic mass is 10.0. The molecule has 0 radical (unpaired) electrons.